The Morgan fingerprint density at radius 1 is 1.50 bits per heavy atom. The molecule has 0 aromatic rings. The average molecular weight is 228 g/mol. The fourth-order valence-electron chi connectivity index (χ4n) is 1.70. The molecule has 0 bridgehead atoms. The Balaban J connectivity index is 2.57. The van der Waals surface area contributed by atoms with E-state index in [2.05, 4.69) is 0 Å². The van der Waals surface area contributed by atoms with Crippen molar-refractivity contribution >= 4 is 6.09 Å². The first-order valence-corrected chi connectivity index (χ1v) is 6.05. The lowest BCUT2D eigenvalue weighted by Gasteiger charge is -2.39. The second kappa shape index (κ2) is 5.04. The predicted octanol–water partition coefficient (Wildman–Crippen LogP) is 2.12. The van der Waals surface area contributed by atoms with E-state index in [0.717, 1.165) is 12.8 Å². The first kappa shape index (κ1) is 13.3. The average Bonchev–Trinajstić information content (AvgIpc) is 1.95. The van der Waals surface area contributed by atoms with Crippen molar-refractivity contribution in [3.05, 3.63) is 0 Å². The van der Waals surface area contributed by atoms with Crippen molar-refractivity contribution in [1.82, 2.24) is 4.90 Å². The Morgan fingerprint density at radius 2 is 2.06 bits per heavy atom. The molecule has 0 radical (unpaired) electrons. The van der Waals surface area contributed by atoms with Crippen molar-refractivity contribution in [3.63, 3.8) is 0 Å². The summed E-state index contributed by atoms with van der Waals surface area (Å²) in [7, 11) is 0. The Kier molecular flexibility index (Phi) is 4.19. The highest BCUT2D eigenvalue weighted by Crippen LogP contribution is 2.26. The lowest BCUT2D eigenvalue weighted by atomic mass is 9.91. The third-order valence-corrected chi connectivity index (χ3v) is 2.63. The van der Waals surface area contributed by atoms with Crippen molar-refractivity contribution in [1.29, 1.82) is 0 Å². The standard InChI is InChI=1S/C12H24N2O2/c1-9(13)8-14(10-6-5-7-10)11(15)16-12(2,3)4/h9-10H,5-8,13H2,1-4H3. The molecule has 1 atom stereocenters. The quantitative estimate of drug-likeness (QED) is 0.805. The molecule has 1 aliphatic carbocycles. The summed E-state index contributed by atoms with van der Waals surface area (Å²) in [6, 6.07) is 0.328. The third-order valence-electron chi connectivity index (χ3n) is 2.63. The zero-order valence-corrected chi connectivity index (χ0v) is 10.8. The molecule has 1 unspecified atom stereocenters. The fraction of sp³-hybridized carbons (Fsp3) is 0.917. The number of amides is 1. The number of ether oxygens (including phenoxy) is 1. The SMILES string of the molecule is CC(N)CN(C(=O)OC(C)(C)C)C1CCC1. The van der Waals surface area contributed by atoms with Gasteiger partial charge in [-0.1, -0.05) is 0 Å². The van der Waals surface area contributed by atoms with Crippen molar-refractivity contribution < 1.29 is 9.53 Å². The summed E-state index contributed by atoms with van der Waals surface area (Å²) in [6.07, 6.45) is 3.12. The van der Waals surface area contributed by atoms with Gasteiger partial charge in [-0.25, -0.2) is 4.79 Å². The molecule has 0 aromatic carbocycles. The molecule has 0 spiro atoms. The van der Waals surface area contributed by atoms with Gasteiger partial charge in [0.1, 0.15) is 5.60 Å². The molecule has 16 heavy (non-hydrogen) atoms. The monoisotopic (exact) mass is 228 g/mol. The number of nitrogens with zero attached hydrogens (tertiary/aromatic N) is 1. The molecule has 4 heteroatoms. The Hall–Kier alpha value is -0.770. The predicted molar refractivity (Wildman–Crippen MR) is 64.2 cm³/mol. The summed E-state index contributed by atoms with van der Waals surface area (Å²) in [5, 5.41) is 0. The van der Waals surface area contributed by atoms with Gasteiger partial charge in [-0.3, -0.25) is 0 Å². The van der Waals surface area contributed by atoms with E-state index in [1.165, 1.54) is 6.42 Å². The molecule has 94 valence electrons. The maximum Gasteiger partial charge on any atom is 0.410 e. The van der Waals surface area contributed by atoms with Gasteiger partial charge in [-0.2, -0.15) is 0 Å². The minimum absolute atomic E-state index is 0.00637. The second-order valence-corrected chi connectivity index (χ2v) is 5.69. The highest BCUT2D eigenvalue weighted by molar-refractivity contribution is 5.68. The summed E-state index contributed by atoms with van der Waals surface area (Å²) < 4.78 is 5.39. The molecule has 1 fully saturated rings. The van der Waals surface area contributed by atoms with Crippen molar-refractivity contribution in [3.8, 4) is 0 Å². The minimum Gasteiger partial charge on any atom is -0.444 e. The molecule has 0 aromatic heterocycles. The molecule has 0 heterocycles. The van der Waals surface area contributed by atoms with Crippen LogP contribution >= 0.6 is 0 Å². The van der Waals surface area contributed by atoms with E-state index in [0.29, 0.717) is 12.6 Å². The first-order chi connectivity index (χ1) is 7.29. The Labute approximate surface area is 98.1 Å². The first-order valence-electron chi connectivity index (χ1n) is 6.05. The van der Waals surface area contributed by atoms with Gasteiger partial charge in [0.15, 0.2) is 0 Å². The van der Waals surface area contributed by atoms with E-state index in [1.54, 1.807) is 4.90 Å². The third kappa shape index (κ3) is 4.00. The van der Waals surface area contributed by atoms with Crippen LogP contribution in [-0.4, -0.2) is 35.2 Å². The molecule has 1 amide bonds. The van der Waals surface area contributed by atoms with E-state index in [1.807, 2.05) is 27.7 Å². The van der Waals surface area contributed by atoms with Crippen LogP contribution in [0.25, 0.3) is 0 Å². The number of rotatable bonds is 3. The maximum atomic E-state index is 12.0. The number of hydrogen-bond donors (Lipinski definition) is 1. The van der Waals surface area contributed by atoms with E-state index >= 15 is 0 Å². The van der Waals surface area contributed by atoms with Crippen LogP contribution in [0, 0.1) is 0 Å². The van der Waals surface area contributed by atoms with Gasteiger partial charge in [-0.05, 0) is 47.0 Å². The summed E-state index contributed by atoms with van der Waals surface area (Å²) >= 11 is 0. The minimum atomic E-state index is -0.434. The van der Waals surface area contributed by atoms with Gasteiger partial charge in [0.2, 0.25) is 0 Å². The number of carbonyl (C=O) groups excluding carboxylic acids is 1. The molecule has 1 saturated carbocycles. The smallest absolute Gasteiger partial charge is 0.410 e. The van der Waals surface area contributed by atoms with E-state index < -0.39 is 5.60 Å². The van der Waals surface area contributed by atoms with Crippen LogP contribution in [0.15, 0.2) is 0 Å². The maximum absolute atomic E-state index is 12.0. The zero-order valence-electron chi connectivity index (χ0n) is 10.8. The molecule has 1 aliphatic rings. The number of nitrogens with two attached hydrogens (primary N) is 1. The topological polar surface area (TPSA) is 55.6 Å². The highest BCUT2D eigenvalue weighted by Gasteiger charge is 2.32. The molecule has 4 nitrogen and oxygen atoms in total. The van der Waals surface area contributed by atoms with Gasteiger partial charge in [0.05, 0.1) is 0 Å². The molecule has 2 N–H and O–H groups in total. The molecule has 0 aliphatic heterocycles. The second-order valence-electron chi connectivity index (χ2n) is 5.69. The number of carbonyl (C=O) groups is 1. The number of hydrogen-bond acceptors (Lipinski definition) is 3. The van der Waals surface area contributed by atoms with Gasteiger partial charge in [0.25, 0.3) is 0 Å². The van der Waals surface area contributed by atoms with Gasteiger partial charge in [-0.15, -0.1) is 0 Å². The summed E-state index contributed by atoms with van der Waals surface area (Å²) in [5.41, 5.74) is 5.33. The van der Waals surface area contributed by atoms with Crippen LogP contribution in [0.5, 0.6) is 0 Å². The van der Waals surface area contributed by atoms with Crippen molar-refractivity contribution in [2.24, 2.45) is 5.73 Å². The van der Waals surface area contributed by atoms with Crippen LogP contribution in [-0.2, 0) is 4.74 Å². The molecule has 0 saturated heterocycles. The molecular weight excluding hydrogens is 204 g/mol. The normalized spacial score (nSPS) is 18.8. The zero-order chi connectivity index (χ0) is 12.3. The van der Waals surface area contributed by atoms with Gasteiger partial charge < -0.3 is 15.4 Å². The van der Waals surface area contributed by atoms with Crippen LogP contribution in [0.3, 0.4) is 0 Å². The van der Waals surface area contributed by atoms with E-state index in [4.69, 9.17) is 10.5 Å². The van der Waals surface area contributed by atoms with Gasteiger partial charge in [0, 0.05) is 18.6 Å². The highest BCUT2D eigenvalue weighted by atomic mass is 16.6. The molecule has 1 rings (SSSR count). The fourth-order valence-corrected chi connectivity index (χ4v) is 1.70. The van der Waals surface area contributed by atoms with Crippen LogP contribution in [0.2, 0.25) is 0 Å². The van der Waals surface area contributed by atoms with Gasteiger partial charge >= 0.3 is 6.09 Å². The largest absolute Gasteiger partial charge is 0.444 e. The summed E-state index contributed by atoms with van der Waals surface area (Å²) in [5.74, 6) is 0. The molecular formula is C12H24N2O2. The van der Waals surface area contributed by atoms with Crippen LogP contribution in [0.4, 0.5) is 4.79 Å². The van der Waals surface area contributed by atoms with Crippen LogP contribution < -0.4 is 5.73 Å². The lowest BCUT2D eigenvalue weighted by Crippen LogP contribution is -2.50. The van der Waals surface area contributed by atoms with E-state index in [-0.39, 0.29) is 12.1 Å². The summed E-state index contributed by atoms with van der Waals surface area (Å²) in [6.45, 7) is 8.15. The van der Waals surface area contributed by atoms with Crippen LogP contribution in [0.1, 0.15) is 47.0 Å². The lowest BCUT2D eigenvalue weighted by molar-refractivity contribution is 0.00593. The van der Waals surface area contributed by atoms with Crippen molar-refractivity contribution in [2.75, 3.05) is 6.54 Å². The van der Waals surface area contributed by atoms with Crippen molar-refractivity contribution in [2.45, 2.75) is 64.6 Å². The Bertz CT molecular complexity index is 242. The van der Waals surface area contributed by atoms with E-state index in [9.17, 15) is 4.79 Å². The summed E-state index contributed by atoms with van der Waals surface area (Å²) in [4.78, 5) is 13.8. The Morgan fingerprint density at radius 3 is 2.38 bits per heavy atom.